The molecule has 3 aromatic carbocycles. The summed E-state index contributed by atoms with van der Waals surface area (Å²) >= 11 is 0. The zero-order valence-electron chi connectivity index (χ0n) is 16.9. The first kappa shape index (κ1) is 19.4. The molecule has 1 aromatic heterocycles. The molecule has 0 aliphatic carbocycles. The number of fused-ring (bicyclic) bond motifs is 1. The first-order valence-corrected chi connectivity index (χ1v) is 9.72. The fourth-order valence-electron chi connectivity index (χ4n) is 3.11. The quantitative estimate of drug-likeness (QED) is 0.395. The van der Waals surface area contributed by atoms with Crippen LogP contribution in [0, 0.1) is 13.8 Å². The van der Waals surface area contributed by atoms with Gasteiger partial charge in [0.2, 0.25) is 0 Å². The van der Waals surface area contributed by atoms with Crippen LogP contribution in [0.4, 0.5) is 0 Å². The molecule has 0 amide bonds. The van der Waals surface area contributed by atoms with E-state index >= 15 is 0 Å². The monoisotopic (exact) mass is 394 g/mol. The summed E-state index contributed by atoms with van der Waals surface area (Å²) in [4.78, 5) is 9.33. The van der Waals surface area contributed by atoms with E-state index in [1.165, 1.54) is 0 Å². The number of aliphatic hydroxyl groups excluding tert-OH is 2. The van der Waals surface area contributed by atoms with Gasteiger partial charge in [-0.1, -0.05) is 71.8 Å². The Hall–Kier alpha value is -3.92. The summed E-state index contributed by atoms with van der Waals surface area (Å²) in [5.41, 5.74) is 5.99. The lowest BCUT2D eigenvalue weighted by atomic mass is 10.1. The van der Waals surface area contributed by atoms with E-state index in [-0.39, 0.29) is 11.5 Å². The zero-order chi connectivity index (χ0) is 21.1. The van der Waals surface area contributed by atoms with Gasteiger partial charge in [-0.05, 0) is 26.0 Å². The van der Waals surface area contributed by atoms with E-state index in [1.807, 2.05) is 86.6 Å². The Labute approximate surface area is 175 Å². The van der Waals surface area contributed by atoms with Crippen LogP contribution in [-0.2, 0) is 0 Å². The Balaban J connectivity index is 1.83. The van der Waals surface area contributed by atoms with Crippen molar-refractivity contribution in [1.29, 1.82) is 0 Å². The van der Waals surface area contributed by atoms with Crippen LogP contribution in [0.15, 0.2) is 72.8 Å². The van der Waals surface area contributed by atoms with Crippen molar-refractivity contribution in [1.82, 2.24) is 9.97 Å². The lowest BCUT2D eigenvalue weighted by Gasteiger charge is -2.07. The maximum atomic E-state index is 10.7. The molecule has 0 aliphatic rings. The third-order valence-corrected chi connectivity index (χ3v) is 4.87. The van der Waals surface area contributed by atoms with E-state index in [4.69, 9.17) is 0 Å². The predicted molar refractivity (Wildman–Crippen MR) is 123 cm³/mol. The summed E-state index contributed by atoms with van der Waals surface area (Å²) in [6, 6.07) is 22.7. The summed E-state index contributed by atoms with van der Waals surface area (Å²) in [6.45, 7) is 3.99. The standard InChI is InChI=1S/C26H22N2O2/c1-17-7-11-19(12-8-17)25(29)15-23-24(28-22-6-4-3-5-21(22)27-23)16-26(30)20-13-9-18(2)10-14-20/h3-16,29-30H,1-2H3/b25-15-,26-16-. The van der Waals surface area contributed by atoms with Crippen LogP contribution in [0.3, 0.4) is 0 Å². The Morgan fingerprint density at radius 1 is 0.600 bits per heavy atom. The van der Waals surface area contributed by atoms with Gasteiger partial charge >= 0.3 is 0 Å². The highest BCUT2D eigenvalue weighted by molar-refractivity contribution is 5.86. The first-order chi connectivity index (χ1) is 14.5. The summed E-state index contributed by atoms with van der Waals surface area (Å²) < 4.78 is 0. The molecule has 0 atom stereocenters. The van der Waals surface area contributed by atoms with E-state index in [0.717, 1.165) is 11.1 Å². The largest absolute Gasteiger partial charge is 0.507 e. The average molecular weight is 394 g/mol. The van der Waals surface area contributed by atoms with Gasteiger partial charge in [-0.3, -0.25) is 0 Å². The van der Waals surface area contributed by atoms with Crippen LogP contribution in [0.25, 0.3) is 34.7 Å². The second-order valence-corrected chi connectivity index (χ2v) is 7.27. The minimum absolute atomic E-state index is 0.0871. The molecular formula is C26H22N2O2. The SMILES string of the molecule is Cc1ccc(/C(O)=C/c2nc3ccccc3nc2/C=C(\O)c2ccc(C)cc2)cc1. The fourth-order valence-corrected chi connectivity index (χ4v) is 3.11. The Kier molecular flexibility index (Phi) is 5.31. The summed E-state index contributed by atoms with van der Waals surface area (Å²) in [7, 11) is 0. The van der Waals surface area contributed by atoms with Gasteiger partial charge in [-0.15, -0.1) is 0 Å². The molecule has 0 unspecified atom stereocenters. The zero-order valence-corrected chi connectivity index (χ0v) is 16.9. The number of hydrogen-bond acceptors (Lipinski definition) is 4. The van der Waals surface area contributed by atoms with Crippen molar-refractivity contribution in [3.05, 3.63) is 106 Å². The first-order valence-electron chi connectivity index (χ1n) is 9.72. The van der Waals surface area contributed by atoms with Gasteiger partial charge in [0, 0.05) is 23.3 Å². The number of aliphatic hydroxyl groups is 2. The van der Waals surface area contributed by atoms with Crippen molar-refractivity contribution in [3.8, 4) is 0 Å². The average Bonchev–Trinajstić information content (AvgIpc) is 2.75. The normalized spacial score (nSPS) is 12.3. The van der Waals surface area contributed by atoms with Crippen LogP contribution in [0.1, 0.15) is 33.6 Å². The highest BCUT2D eigenvalue weighted by atomic mass is 16.3. The Morgan fingerprint density at radius 3 is 1.33 bits per heavy atom. The molecule has 4 aromatic rings. The molecule has 4 rings (SSSR count). The van der Waals surface area contributed by atoms with E-state index in [1.54, 1.807) is 12.2 Å². The van der Waals surface area contributed by atoms with E-state index in [2.05, 4.69) is 9.97 Å². The Morgan fingerprint density at radius 2 is 0.967 bits per heavy atom. The fraction of sp³-hybridized carbons (Fsp3) is 0.0769. The molecule has 148 valence electrons. The van der Waals surface area contributed by atoms with Crippen molar-refractivity contribution in [2.75, 3.05) is 0 Å². The highest BCUT2D eigenvalue weighted by Crippen LogP contribution is 2.23. The molecule has 4 nitrogen and oxygen atoms in total. The van der Waals surface area contributed by atoms with E-state index < -0.39 is 0 Å². The predicted octanol–water partition coefficient (Wildman–Crippen LogP) is 6.36. The highest BCUT2D eigenvalue weighted by Gasteiger charge is 2.10. The van der Waals surface area contributed by atoms with Crippen molar-refractivity contribution < 1.29 is 10.2 Å². The number of nitrogens with zero attached hydrogens (tertiary/aromatic N) is 2. The number of aryl methyl sites for hydroxylation is 2. The minimum atomic E-state index is 0.0871. The summed E-state index contributed by atoms with van der Waals surface area (Å²) in [5, 5.41) is 21.3. The lowest BCUT2D eigenvalue weighted by Crippen LogP contribution is -1.96. The minimum Gasteiger partial charge on any atom is -0.507 e. The summed E-state index contributed by atoms with van der Waals surface area (Å²) in [6.07, 6.45) is 3.16. The van der Waals surface area contributed by atoms with Gasteiger partial charge in [0.05, 0.1) is 22.4 Å². The summed E-state index contributed by atoms with van der Waals surface area (Å²) in [5.74, 6) is 0.174. The number of aromatic nitrogens is 2. The molecule has 1 heterocycles. The molecule has 0 fully saturated rings. The van der Waals surface area contributed by atoms with Crippen molar-refractivity contribution in [2.45, 2.75) is 13.8 Å². The van der Waals surface area contributed by atoms with Crippen molar-refractivity contribution in [3.63, 3.8) is 0 Å². The Bertz CT molecular complexity index is 1150. The number of para-hydroxylation sites is 2. The molecule has 0 bridgehead atoms. The van der Waals surface area contributed by atoms with Gasteiger partial charge < -0.3 is 10.2 Å². The lowest BCUT2D eigenvalue weighted by molar-refractivity contribution is 0.514. The molecule has 30 heavy (non-hydrogen) atoms. The van der Waals surface area contributed by atoms with Gasteiger partial charge in [-0.25, -0.2) is 9.97 Å². The van der Waals surface area contributed by atoms with Crippen LogP contribution in [0.5, 0.6) is 0 Å². The molecule has 0 spiro atoms. The van der Waals surface area contributed by atoms with E-state index in [0.29, 0.717) is 33.5 Å². The number of rotatable bonds is 4. The van der Waals surface area contributed by atoms with Crippen LogP contribution in [-0.4, -0.2) is 20.2 Å². The van der Waals surface area contributed by atoms with Gasteiger partial charge in [0.25, 0.3) is 0 Å². The molecule has 0 aliphatic heterocycles. The van der Waals surface area contributed by atoms with E-state index in [9.17, 15) is 10.2 Å². The smallest absolute Gasteiger partial charge is 0.125 e. The maximum Gasteiger partial charge on any atom is 0.125 e. The topological polar surface area (TPSA) is 66.2 Å². The van der Waals surface area contributed by atoms with Gasteiger partial charge in [0.15, 0.2) is 0 Å². The number of benzene rings is 3. The third-order valence-electron chi connectivity index (χ3n) is 4.87. The van der Waals surface area contributed by atoms with Crippen molar-refractivity contribution in [2.24, 2.45) is 0 Å². The second kappa shape index (κ2) is 8.21. The second-order valence-electron chi connectivity index (χ2n) is 7.27. The molecular weight excluding hydrogens is 372 g/mol. The van der Waals surface area contributed by atoms with Crippen LogP contribution >= 0.6 is 0 Å². The van der Waals surface area contributed by atoms with Crippen LogP contribution in [0.2, 0.25) is 0 Å². The molecule has 0 saturated heterocycles. The number of hydrogen-bond donors (Lipinski definition) is 2. The maximum absolute atomic E-state index is 10.7. The molecule has 0 saturated carbocycles. The molecule has 0 radical (unpaired) electrons. The molecule has 2 N–H and O–H groups in total. The van der Waals surface area contributed by atoms with Gasteiger partial charge in [-0.2, -0.15) is 0 Å². The third kappa shape index (κ3) is 4.23. The van der Waals surface area contributed by atoms with Crippen LogP contribution < -0.4 is 0 Å². The van der Waals surface area contributed by atoms with Crippen molar-refractivity contribution >= 4 is 34.7 Å². The van der Waals surface area contributed by atoms with Gasteiger partial charge in [0.1, 0.15) is 11.5 Å². The molecule has 4 heteroatoms.